The number of halogens is 1. The van der Waals surface area contributed by atoms with Crippen molar-refractivity contribution >= 4 is 46.6 Å². The van der Waals surface area contributed by atoms with Gasteiger partial charge in [0.15, 0.2) is 0 Å². The average Bonchev–Trinajstić information content (AvgIpc) is 3.02. The molecule has 31 heavy (non-hydrogen) atoms. The van der Waals surface area contributed by atoms with Gasteiger partial charge < -0.3 is 4.74 Å². The van der Waals surface area contributed by atoms with Gasteiger partial charge in [0.25, 0.3) is 11.1 Å². The summed E-state index contributed by atoms with van der Waals surface area (Å²) in [7, 11) is 0. The Morgan fingerprint density at radius 2 is 1.74 bits per heavy atom. The van der Waals surface area contributed by atoms with Crippen LogP contribution in [-0.2, 0) is 11.3 Å². The largest absolute Gasteiger partial charge is 0.423 e. The lowest BCUT2D eigenvalue weighted by Gasteiger charge is -2.12. The summed E-state index contributed by atoms with van der Waals surface area (Å²) in [6.07, 6.45) is 1.62. The molecule has 1 aliphatic rings. The van der Waals surface area contributed by atoms with Gasteiger partial charge in [0.05, 0.1) is 17.0 Å². The fourth-order valence-corrected chi connectivity index (χ4v) is 4.03. The van der Waals surface area contributed by atoms with Gasteiger partial charge in [-0.3, -0.25) is 14.5 Å². The summed E-state index contributed by atoms with van der Waals surface area (Å²) in [5, 5.41) is 0.123. The number of nitrogens with zero attached hydrogens (tertiary/aromatic N) is 1. The molecular weight excluding hydrogens is 434 g/mol. The fraction of sp³-hybridized carbons (Fsp3) is 0.0417. The van der Waals surface area contributed by atoms with E-state index in [2.05, 4.69) is 0 Å². The Kier molecular flexibility index (Phi) is 6.21. The molecule has 0 atom stereocenters. The molecule has 0 saturated carbocycles. The molecule has 3 aromatic rings. The number of ether oxygens (including phenoxy) is 1. The Balaban J connectivity index is 1.49. The molecule has 154 valence electrons. The first-order valence-corrected chi connectivity index (χ1v) is 10.6. The van der Waals surface area contributed by atoms with Gasteiger partial charge in [0.1, 0.15) is 5.75 Å². The molecule has 0 aromatic heterocycles. The molecule has 0 N–H and O–H groups in total. The standard InChI is InChI=1S/C24H16ClNO4S/c25-19-10-5-9-18(14-19)23(28)30-20-11-4-8-17(12-20)13-21-22(27)26(24(29)31-21)15-16-6-2-1-3-7-16/h1-14H,15H2/b21-13-. The van der Waals surface area contributed by atoms with E-state index in [9.17, 15) is 14.4 Å². The number of thioether (sulfide) groups is 1. The summed E-state index contributed by atoms with van der Waals surface area (Å²) in [6, 6.07) is 22.6. The van der Waals surface area contributed by atoms with Crippen molar-refractivity contribution in [1.82, 2.24) is 4.90 Å². The zero-order valence-electron chi connectivity index (χ0n) is 16.2. The molecule has 2 amide bonds. The van der Waals surface area contributed by atoms with Crippen LogP contribution in [0.15, 0.2) is 83.8 Å². The van der Waals surface area contributed by atoms with Crippen molar-refractivity contribution in [3.8, 4) is 5.75 Å². The Labute approximate surface area is 188 Å². The second-order valence-corrected chi connectivity index (χ2v) is 8.16. The van der Waals surface area contributed by atoms with E-state index >= 15 is 0 Å². The molecule has 0 radical (unpaired) electrons. The van der Waals surface area contributed by atoms with Crippen molar-refractivity contribution in [3.05, 3.63) is 105 Å². The first-order chi connectivity index (χ1) is 15.0. The molecule has 0 spiro atoms. The third-order valence-corrected chi connectivity index (χ3v) is 5.63. The maximum absolute atomic E-state index is 12.7. The Hall–Kier alpha value is -3.35. The van der Waals surface area contributed by atoms with E-state index in [0.717, 1.165) is 17.3 Å². The van der Waals surface area contributed by atoms with E-state index in [1.165, 1.54) is 11.0 Å². The van der Waals surface area contributed by atoms with E-state index in [0.29, 0.717) is 26.8 Å². The molecule has 1 aliphatic heterocycles. The van der Waals surface area contributed by atoms with Gasteiger partial charge in [-0.15, -0.1) is 0 Å². The number of carbonyl (C=O) groups is 3. The average molecular weight is 450 g/mol. The minimum atomic E-state index is -0.539. The third kappa shape index (κ3) is 5.05. The molecule has 1 saturated heterocycles. The van der Waals surface area contributed by atoms with Gasteiger partial charge in [-0.2, -0.15) is 0 Å². The zero-order valence-corrected chi connectivity index (χ0v) is 17.7. The second kappa shape index (κ2) is 9.20. The second-order valence-electron chi connectivity index (χ2n) is 6.73. The summed E-state index contributed by atoms with van der Waals surface area (Å²) in [5.74, 6) is -0.565. The predicted octanol–water partition coefficient (Wildman–Crippen LogP) is 5.80. The first-order valence-electron chi connectivity index (χ1n) is 9.37. The lowest BCUT2D eigenvalue weighted by atomic mass is 10.2. The van der Waals surface area contributed by atoms with Crippen LogP contribution in [0.1, 0.15) is 21.5 Å². The number of rotatable bonds is 5. The Morgan fingerprint density at radius 3 is 2.52 bits per heavy atom. The Bertz CT molecular complexity index is 1190. The van der Waals surface area contributed by atoms with Crippen LogP contribution in [-0.4, -0.2) is 22.0 Å². The lowest BCUT2D eigenvalue weighted by molar-refractivity contribution is -0.123. The van der Waals surface area contributed by atoms with Crippen LogP contribution in [0.5, 0.6) is 5.75 Å². The monoisotopic (exact) mass is 449 g/mol. The van der Waals surface area contributed by atoms with E-state index in [1.807, 2.05) is 30.3 Å². The highest BCUT2D eigenvalue weighted by Crippen LogP contribution is 2.33. The number of hydrogen-bond acceptors (Lipinski definition) is 5. The summed E-state index contributed by atoms with van der Waals surface area (Å²) < 4.78 is 5.41. The van der Waals surface area contributed by atoms with Gasteiger partial charge in [-0.25, -0.2) is 4.79 Å². The van der Waals surface area contributed by atoms with Crippen molar-refractivity contribution in [1.29, 1.82) is 0 Å². The van der Waals surface area contributed by atoms with Gasteiger partial charge >= 0.3 is 5.97 Å². The normalized spacial score (nSPS) is 14.9. The maximum Gasteiger partial charge on any atom is 0.343 e. The fourth-order valence-electron chi connectivity index (χ4n) is 3.00. The third-order valence-electron chi connectivity index (χ3n) is 4.48. The summed E-state index contributed by atoms with van der Waals surface area (Å²) in [4.78, 5) is 38.9. The molecule has 7 heteroatoms. The Morgan fingerprint density at radius 1 is 0.968 bits per heavy atom. The highest BCUT2D eigenvalue weighted by atomic mass is 35.5. The number of esters is 1. The van der Waals surface area contributed by atoms with Crippen molar-refractivity contribution in [3.63, 3.8) is 0 Å². The zero-order chi connectivity index (χ0) is 21.8. The number of hydrogen-bond donors (Lipinski definition) is 0. The molecule has 5 nitrogen and oxygen atoms in total. The quantitative estimate of drug-likeness (QED) is 0.280. The molecular formula is C24H16ClNO4S. The van der Waals surface area contributed by atoms with Crippen LogP contribution in [0.2, 0.25) is 5.02 Å². The van der Waals surface area contributed by atoms with E-state index in [1.54, 1.807) is 48.5 Å². The van der Waals surface area contributed by atoms with Crippen LogP contribution in [0, 0.1) is 0 Å². The number of imide groups is 1. The maximum atomic E-state index is 12.7. The van der Waals surface area contributed by atoms with Crippen molar-refractivity contribution < 1.29 is 19.1 Å². The van der Waals surface area contributed by atoms with E-state index in [-0.39, 0.29) is 17.7 Å². The number of carbonyl (C=O) groups excluding carboxylic acids is 3. The molecule has 1 heterocycles. The van der Waals surface area contributed by atoms with Crippen LogP contribution in [0.4, 0.5) is 4.79 Å². The lowest BCUT2D eigenvalue weighted by Crippen LogP contribution is -2.27. The first kappa shape index (κ1) is 20.9. The van der Waals surface area contributed by atoms with Crippen molar-refractivity contribution in [2.75, 3.05) is 0 Å². The van der Waals surface area contributed by atoms with Crippen LogP contribution >= 0.6 is 23.4 Å². The molecule has 0 unspecified atom stereocenters. The molecule has 0 bridgehead atoms. The summed E-state index contributed by atoms with van der Waals surface area (Å²) in [6.45, 7) is 0.222. The van der Waals surface area contributed by atoms with Gasteiger partial charge in [0.2, 0.25) is 0 Å². The molecule has 0 aliphatic carbocycles. The summed E-state index contributed by atoms with van der Waals surface area (Å²) >= 11 is 6.81. The highest BCUT2D eigenvalue weighted by molar-refractivity contribution is 8.18. The van der Waals surface area contributed by atoms with Crippen LogP contribution < -0.4 is 4.74 Å². The van der Waals surface area contributed by atoms with Gasteiger partial charge in [0, 0.05) is 5.02 Å². The summed E-state index contributed by atoms with van der Waals surface area (Å²) in [5.41, 5.74) is 1.85. The van der Waals surface area contributed by atoms with Crippen molar-refractivity contribution in [2.24, 2.45) is 0 Å². The molecule has 1 fully saturated rings. The molecule has 3 aromatic carbocycles. The predicted molar refractivity (Wildman–Crippen MR) is 121 cm³/mol. The van der Waals surface area contributed by atoms with Gasteiger partial charge in [-0.05, 0) is 59.3 Å². The smallest absolute Gasteiger partial charge is 0.343 e. The minimum absolute atomic E-state index is 0.222. The van der Waals surface area contributed by atoms with E-state index in [4.69, 9.17) is 16.3 Å². The van der Waals surface area contributed by atoms with E-state index < -0.39 is 5.97 Å². The SMILES string of the molecule is O=C(Oc1cccc(/C=C2\SC(=O)N(Cc3ccccc3)C2=O)c1)c1cccc(Cl)c1. The topological polar surface area (TPSA) is 63.7 Å². The van der Waals surface area contributed by atoms with Crippen LogP contribution in [0.3, 0.4) is 0 Å². The highest BCUT2D eigenvalue weighted by Gasteiger charge is 2.34. The van der Waals surface area contributed by atoms with Gasteiger partial charge in [-0.1, -0.05) is 60.1 Å². The van der Waals surface area contributed by atoms with Crippen LogP contribution in [0.25, 0.3) is 6.08 Å². The van der Waals surface area contributed by atoms with Crippen molar-refractivity contribution in [2.45, 2.75) is 6.54 Å². The molecule has 4 rings (SSSR count). The number of benzene rings is 3. The minimum Gasteiger partial charge on any atom is -0.423 e. The number of amides is 2.